The molecule has 18 heavy (non-hydrogen) atoms. The molecule has 2 aromatic heterocycles. The summed E-state index contributed by atoms with van der Waals surface area (Å²) >= 11 is 0. The number of hydrogen-bond donors (Lipinski definition) is 1. The maximum atomic E-state index is 4.25. The highest BCUT2D eigenvalue weighted by Crippen LogP contribution is 2.25. The number of pyridine rings is 2. The Morgan fingerprint density at radius 3 is 2.39 bits per heavy atom. The molecule has 1 unspecified atom stereocenters. The highest BCUT2D eigenvalue weighted by atomic mass is 14.9. The molecule has 0 saturated heterocycles. The van der Waals surface area contributed by atoms with Crippen molar-refractivity contribution in [1.29, 1.82) is 0 Å². The van der Waals surface area contributed by atoms with E-state index in [9.17, 15) is 0 Å². The molecule has 0 aromatic carbocycles. The zero-order valence-electron chi connectivity index (χ0n) is 11.1. The van der Waals surface area contributed by atoms with E-state index >= 15 is 0 Å². The van der Waals surface area contributed by atoms with Crippen molar-refractivity contribution in [3.8, 4) is 0 Å². The van der Waals surface area contributed by atoms with Crippen molar-refractivity contribution in [2.75, 3.05) is 6.54 Å². The van der Waals surface area contributed by atoms with Crippen molar-refractivity contribution in [2.45, 2.75) is 26.8 Å². The molecule has 2 rings (SSSR count). The van der Waals surface area contributed by atoms with E-state index in [1.54, 1.807) is 0 Å². The molecule has 2 aromatic rings. The third-order valence-electron chi connectivity index (χ3n) is 3.17. The van der Waals surface area contributed by atoms with E-state index < -0.39 is 0 Å². The first-order chi connectivity index (χ1) is 8.74. The molecule has 0 aliphatic heterocycles. The average molecular weight is 241 g/mol. The van der Waals surface area contributed by atoms with Crippen LogP contribution in [0.1, 0.15) is 35.2 Å². The number of aryl methyl sites for hydroxylation is 2. The van der Waals surface area contributed by atoms with Gasteiger partial charge in [-0.05, 0) is 54.8 Å². The Kier molecular flexibility index (Phi) is 4.05. The van der Waals surface area contributed by atoms with Gasteiger partial charge in [0.25, 0.3) is 0 Å². The van der Waals surface area contributed by atoms with Gasteiger partial charge in [-0.3, -0.25) is 9.97 Å². The van der Waals surface area contributed by atoms with Gasteiger partial charge in [0.05, 0.1) is 6.04 Å². The van der Waals surface area contributed by atoms with E-state index in [-0.39, 0.29) is 6.04 Å². The molecule has 0 fully saturated rings. The molecule has 3 heteroatoms. The number of rotatable bonds is 4. The number of nitrogens with zero attached hydrogens (tertiary/aromatic N) is 2. The van der Waals surface area contributed by atoms with Crippen LogP contribution in [-0.4, -0.2) is 16.5 Å². The third-order valence-corrected chi connectivity index (χ3v) is 3.17. The molecule has 0 aliphatic carbocycles. The van der Waals surface area contributed by atoms with Gasteiger partial charge in [-0.1, -0.05) is 6.92 Å². The Morgan fingerprint density at radius 2 is 1.72 bits per heavy atom. The van der Waals surface area contributed by atoms with Crippen molar-refractivity contribution in [2.24, 2.45) is 0 Å². The van der Waals surface area contributed by atoms with Gasteiger partial charge in [-0.15, -0.1) is 0 Å². The minimum Gasteiger partial charge on any atom is -0.306 e. The highest BCUT2D eigenvalue weighted by molar-refractivity contribution is 5.37. The van der Waals surface area contributed by atoms with Crippen molar-refractivity contribution in [1.82, 2.24) is 15.3 Å². The molecule has 1 atom stereocenters. The van der Waals surface area contributed by atoms with Crippen LogP contribution in [0.4, 0.5) is 0 Å². The highest BCUT2D eigenvalue weighted by Gasteiger charge is 2.16. The Balaban J connectivity index is 2.47. The summed E-state index contributed by atoms with van der Waals surface area (Å²) in [6.07, 6.45) is 7.54. The average Bonchev–Trinajstić information content (AvgIpc) is 2.38. The van der Waals surface area contributed by atoms with Crippen LogP contribution in [-0.2, 0) is 0 Å². The number of hydrogen-bond acceptors (Lipinski definition) is 3. The Hall–Kier alpha value is -1.74. The molecule has 1 N–H and O–H groups in total. The zero-order valence-corrected chi connectivity index (χ0v) is 11.1. The first kappa shape index (κ1) is 12.7. The smallest absolute Gasteiger partial charge is 0.0598 e. The predicted octanol–water partition coefficient (Wildman–Crippen LogP) is 2.79. The Labute approximate surface area is 108 Å². The van der Waals surface area contributed by atoms with Gasteiger partial charge in [0.15, 0.2) is 0 Å². The summed E-state index contributed by atoms with van der Waals surface area (Å²) in [4.78, 5) is 8.41. The molecular weight excluding hydrogens is 222 g/mol. The predicted molar refractivity (Wildman–Crippen MR) is 73.5 cm³/mol. The molecule has 0 amide bonds. The van der Waals surface area contributed by atoms with Crippen molar-refractivity contribution >= 4 is 0 Å². The minimum atomic E-state index is 0.187. The summed E-state index contributed by atoms with van der Waals surface area (Å²) in [6, 6.07) is 4.32. The second kappa shape index (κ2) is 5.74. The van der Waals surface area contributed by atoms with Gasteiger partial charge < -0.3 is 5.32 Å². The molecule has 0 radical (unpaired) electrons. The monoisotopic (exact) mass is 241 g/mol. The molecule has 2 heterocycles. The van der Waals surface area contributed by atoms with Crippen LogP contribution in [0.2, 0.25) is 0 Å². The van der Waals surface area contributed by atoms with E-state index in [1.165, 1.54) is 22.3 Å². The van der Waals surface area contributed by atoms with Crippen LogP contribution in [0.25, 0.3) is 0 Å². The topological polar surface area (TPSA) is 37.8 Å². The Morgan fingerprint density at radius 1 is 1.00 bits per heavy atom. The second-order valence-corrected chi connectivity index (χ2v) is 4.46. The fourth-order valence-electron chi connectivity index (χ4n) is 2.18. The molecule has 0 bridgehead atoms. The van der Waals surface area contributed by atoms with Gasteiger partial charge in [0.2, 0.25) is 0 Å². The lowest BCUT2D eigenvalue weighted by atomic mass is 9.95. The number of aromatic nitrogens is 2. The third kappa shape index (κ3) is 2.57. The van der Waals surface area contributed by atoms with Crippen LogP contribution >= 0.6 is 0 Å². The standard InChI is InChI=1S/C15H19N3/c1-4-18-15(13-6-8-16-9-12(13)3)14-10-17-7-5-11(14)2/h5-10,15,18H,4H2,1-3H3. The van der Waals surface area contributed by atoms with Gasteiger partial charge in [0.1, 0.15) is 0 Å². The van der Waals surface area contributed by atoms with Crippen LogP contribution in [0.3, 0.4) is 0 Å². The minimum absolute atomic E-state index is 0.187. The molecule has 0 aliphatic rings. The Bertz CT molecular complexity index is 477. The van der Waals surface area contributed by atoms with Crippen LogP contribution < -0.4 is 5.32 Å². The van der Waals surface area contributed by atoms with Crippen molar-refractivity contribution < 1.29 is 0 Å². The van der Waals surface area contributed by atoms with Gasteiger partial charge in [-0.25, -0.2) is 0 Å². The fraction of sp³-hybridized carbons (Fsp3) is 0.333. The quantitative estimate of drug-likeness (QED) is 0.894. The summed E-state index contributed by atoms with van der Waals surface area (Å²) in [5.41, 5.74) is 4.95. The SMILES string of the molecule is CCNC(c1ccncc1C)c1cnccc1C. The second-order valence-electron chi connectivity index (χ2n) is 4.46. The van der Waals surface area contributed by atoms with Crippen LogP contribution in [0.15, 0.2) is 36.9 Å². The summed E-state index contributed by atoms with van der Waals surface area (Å²) < 4.78 is 0. The summed E-state index contributed by atoms with van der Waals surface area (Å²) in [7, 11) is 0. The van der Waals surface area contributed by atoms with E-state index in [1.807, 2.05) is 24.8 Å². The van der Waals surface area contributed by atoms with Gasteiger partial charge >= 0.3 is 0 Å². The van der Waals surface area contributed by atoms with Crippen LogP contribution in [0, 0.1) is 13.8 Å². The van der Waals surface area contributed by atoms with E-state index in [4.69, 9.17) is 0 Å². The lowest BCUT2D eigenvalue weighted by Gasteiger charge is -2.21. The molecule has 0 saturated carbocycles. The summed E-state index contributed by atoms with van der Waals surface area (Å²) in [6.45, 7) is 7.26. The fourth-order valence-corrected chi connectivity index (χ4v) is 2.18. The van der Waals surface area contributed by atoms with Gasteiger partial charge in [0, 0.05) is 24.8 Å². The maximum Gasteiger partial charge on any atom is 0.0598 e. The summed E-state index contributed by atoms with van der Waals surface area (Å²) in [5.74, 6) is 0. The molecule has 94 valence electrons. The lowest BCUT2D eigenvalue weighted by Crippen LogP contribution is -2.23. The molecule has 3 nitrogen and oxygen atoms in total. The van der Waals surface area contributed by atoms with E-state index in [0.717, 1.165) is 6.54 Å². The molecule has 0 spiro atoms. The zero-order chi connectivity index (χ0) is 13.0. The largest absolute Gasteiger partial charge is 0.306 e. The van der Waals surface area contributed by atoms with Crippen molar-refractivity contribution in [3.63, 3.8) is 0 Å². The van der Waals surface area contributed by atoms with E-state index in [0.29, 0.717) is 0 Å². The normalized spacial score (nSPS) is 12.4. The van der Waals surface area contributed by atoms with Crippen molar-refractivity contribution in [3.05, 3.63) is 59.2 Å². The summed E-state index contributed by atoms with van der Waals surface area (Å²) in [5, 5.41) is 3.53. The van der Waals surface area contributed by atoms with Crippen LogP contribution in [0.5, 0.6) is 0 Å². The first-order valence-electron chi connectivity index (χ1n) is 6.28. The van der Waals surface area contributed by atoms with E-state index in [2.05, 4.69) is 48.2 Å². The lowest BCUT2D eigenvalue weighted by molar-refractivity contribution is 0.622. The number of nitrogens with one attached hydrogen (secondary N) is 1. The maximum absolute atomic E-state index is 4.25. The van der Waals surface area contributed by atoms with Gasteiger partial charge in [-0.2, -0.15) is 0 Å². The molecular formula is C15H19N3. The first-order valence-corrected chi connectivity index (χ1v) is 6.28.